The molecule has 0 aromatic carbocycles. The molecule has 0 aromatic heterocycles. The lowest BCUT2D eigenvalue weighted by Crippen LogP contribution is -2.42. The summed E-state index contributed by atoms with van der Waals surface area (Å²) in [6.45, 7) is 4.58. The molecule has 0 spiro atoms. The first-order valence-electron chi connectivity index (χ1n) is 8.12. The maximum atomic E-state index is 10.2. The number of aliphatic imine (C=N–C) groups is 2. The molecule has 3 aliphatic heterocycles. The van der Waals surface area contributed by atoms with Crippen LogP contribution in [0.25, 0.3) is 0 Å². The third-order valence-electron chi connectivity index (χ3n) is 4.37. The molecule has 3 heterocycles. The Bertz CT molecular complexity index is 532. The molecule has 0 radical (unpaired) electrons. The van der Waals surface area contributed by atoms with Gasteiger partial charge in [-0.1, -0.05) is 0 Å². The van der Waals surface area contributed by atoms with Crippen LogP contribution in [0.4, 0.5) is 0 Å². The van der Waals surface area contributed by atoms with Gasteiger partial charge in [0.05, 0.1) is 25.9 Å². The number of hydrogen-bond donors (Lipinski definition) is 3. The fourth-order valence-electron chi connectivity index (χ4n) is 2.96. The van der Waals surface area contributed by atoms with Crippen LogP contribution < -0.4 is 0 Å². The van der Waals surface area contributed by atoms with E-state index in [-0.39, 0.29) is 6.61 Å². The molecule has 0 bridgehead atoms. The molecule has 0 aliphatic carbocycles. The Kier molecular flexibility index (Phi) is 5.47. The number of hydrogen-bond acceptors (Lipinski definition) is 8. The van der Waals surface area contributed by atoms with Crippen molar-refractivity contribution in [3.05, 3.63) is 12.3 Å². The first kappa shape index (κ1) is 17.3. The maximum Gasteiger partial charge on any atom is 0.229 e. The van der Waals surface area contributed by atoms with E-state index >= 15 is 0 Å². The number of amidine groups is 2. The molecule has 0 aromatic rings. The van der Waals surface area contributed by atoms with Gasteiger partial charge in [0.1, 0.15) is 18.2 Å². The van der Waals surface area contributed by atoms with Crippen molar-refractivity contribution in [3.63, 3.8) is 0 Å². The van der Waals surface area contributed by atoms with Gasteiger partial charge in [0.15, 0.2) is 5.84 Å². The van der Waals surface area contributed by atoms with Crippen molar-refractivity contribution in [1.29, 1.82) is 0 Å². The Labute approximate surface area is 140 Å². The minimum absolute atomic E-state index is 0.261. The average Bonchev–Trinajstić information content (AvgIpc) is 2.96. The van der Waals surface area contributed by atoms with Crippen LogP contribution in [0.5, 0.6) is 0 Å². The van der Waals surface area contributed by atoms with Gasteiger partial charge in [0.2, 0.25) is 6.35 Å². The minimum atomic E-state index is -1.14. The Morgan fingerprint density at radius 2 is 2.12 bits per heavy atom. The molecule has 2 saturated heterocycles. The zero-order valence-corrected chi connectivity index (χ0v) is 13.7. The normalized spacial score (nSPS) is 34.7. The highest BCUT2D eigenvalue weighted by Gasteiger charge is 2.38. The van der Waals surface area contributed by atoms with Gasteiger partial charge in [-0.15, -0.1) is 0 Å². The first-order chi connectivity index (χ1) is 11.6. The van der Waals surface area contributed by atoms with Crippen LogP contribution in [0.2, 0.25) is 0 Å². The molecule has 3 N–H and O–H groups in total. The van der Waals surface area contributed by atoms with Gasteiger partial charge in [-0.05, 0) is 13.0 Å². The molecule has 9 nitrogen and oxygen atoms in total. The molecule has 134 valence electrons. The van der Waals surface area contributed by atoms with Crippen LogP contribution in [0.1, 0.15) is 13.3 Å². The summed E-state index contributed by atoms with van der Waals surface area (Å²) in [5.74, 6) is 1.26. The largest absolute Gasteiger partial charge is 0.394 e. The van der Waals surface area contributed by atoms with E-state index in [1.165, 1.54) is 4.90 Å². The molecule has 9 heteroatoms. The predicted octanol–water partition coefficient (Wildman–Crippen LogP) is -1.29. The van der Waals surface area contributed by atoms with Crippen LogP contribution in [-0.4, -0.2) is 94.5 Å². The Hall–Kier alpha value is -1.52. The van der Waals surface area contributed by atoms with Gasteiger partial charge < -0.3 is 34.6 Å². The summed E-state index contributed by atoms with van der Waals surface area (Å²) in [6, 6.07) is 0. The smallest absolute Gasteiger partial charge is 0.229 e. The number of aliphatic hydroxyl groups excluding tert-OH is 3. The molecular weight excluding hydrogens is 316 g/mol. The van der Waals surface area contributed by atoms with Crippen molar-refractivity contribution in [3.8, 4) is 0 Å². The second-order valence-corrected chi connectivity index (χ2v) is 5.97. The number of aliphatic hydroxyl groups is 3. The van der Waals surface area contributed by atoms with E-state index in [1.807, 2.05) is 6.92 Å². The van der Waals surface area contributed by atoms with Gasteiger partial charge in [-0.3, -0.25) is 0 Å². The maximum absolute atomic E-state index is 10.2. The SMILES string of the molecule is CC(=NC1=N[C@@H](O)N([C@H]2C[C@@H](O)[C@@H](CO)O2)C=C1)N1CCOCC1. The van der Waals surface area contributed by atoms with Crippen LogP contribution >= 0.6 is 0 Å². The second kappa shape index (κ2) is 7.58. The zero-order valence-electron chi connectivity index (χ0n) is 13.7. The van der Waals surface area contributed by atoms with E-state index in [0.717, 1.165) is 18.9 Å². The number of morpholine rings is 1. The van der Waals surface area contributed by atoms with Crippen molar-refractivity contribution >= 4 is 11.7 Å². The minimum Gasteiger partial charge on any atom is -0.394 e. The van der Waals surface area contributed by atoms with Gasteiger partial charge in [-0.25, -0.2) is 9.98 Å². The van der Waals surface area contributed by atoms with E-state index in [2.05, 4.69) is 14.9 Å². The molecule has 0 unspecified atom stereocenters. The summed E-state index contributed by atoms with van der Waals surface area (Å²) < 4.78 is 10.8. The fraction of sp³-hybridized carbons (Fsp3) is 0.733. The highest BCUT2D eigenvalue weighted by Crippen LogP contribution is 2.26. The van der Waals surface area contributed by atoms with E-state index in [4.69, 9.17) is 14.6 Å². The van der Waals surface area contributed by atoms with Crippen LogP contribution in [0, 0.1) is 0 Å². The summed E-state index contributed by atoms with van der Waals surface area (Å²) in [5, 5.41) is 29.2. The standard InChI is InChI=1S/C15H24N4O5/c1-10(18-4-6-23-7-5-18)16-13-2-3-19(15(22)17-13)14-8-11(21)12(9-20)24-14/h2-3,11-12,14-15,20-22H,4-9H2,1H3/t11-,12-,14-,15-/m1/s1. The van der Waals surface area contributed by atoms with E-state index in [9.17, 15) is 10.2 Å². The second-order valence-electron chi connectivity index (χ2n) is 5.97. The van der Waals surface area contributed by atoms with Gasteiger partial charge >= 0.3 is 0 Å². The van der Waals surface area contributed by atoms with Crippen molar-refractivity contribution in [2.24, 2.45) is 9.98 Å². The van der Waals surface area contributed by atoms with Gasteiger partial charge in [0, 0.05) is 25.7 Å². The quantitative estimate of drug-likeness (QED) is 0.424. The van der Waals surface area contributed by atoms with Crippen LogP contribution in [-0.2, 0) is 9.47 Å². The zero-order chi connectivity index (χ0) is 17.1. The molecule has 0 amide bonds. The van der Waals surface area contributed by atoms with Crippen molar-refractivity contribution in [1.82, 2.24) is 9.80 Å². The van der Waals surface area contributed by atoms with E-state index < -0.39 is 24.8 Å². The molecule has 3 rings (SSSR count). The Morgan fingerprint density at radius 3 is 2.75 bits per heavy atom. The highest BCUT2D eigenvalue weighted by atomic mass is 16.5. The number of rotatable bonds is 2. The van der Waals surface area contributed by atoms with Crippen LogP contribution in [0.15, 0.2) is 22.3 Å². The van der Waals surface area contributed by atoms with Crippen molar-refractivity contribution in [2.75, 3.05) is 32.9 Å². The summed E-state index contributed by atoms with van der Waals surface area (Å²) >= 11 is 0. The predicted molar refractivity (Wildman–Crippen MR) is 86.3 cm³/mol. The summed E-state index contributed by atoms with van der Waals surface area (Å²) in [6.07, 6.45) is 0.584. The lowest BCUT2D eigenvalue weighted by atomic mass is 10.2. The topological polar surface area (TPSA) is 110 Å². The Balaban J connectivity index is 1.62. The molecule has 24 heavy (non-hydrogen) atoms. The molecule has 3 aliphatic rings. The fourth-order valence-corrected chi connectivity index (χ4v) is 2.96. The summed E-state index contributed by atoms with van der Waals surface area (Å²) in [4.78, 5) is 12.2. The highest BCUT2D eigenvalue weighted by molar-refractivity contribution is 6.02. The van der Waals surface area contributed by atoms with Crippen molar-refractivity contribution in [2.45, 2.75) is 38.1 Å². The lowest BCUT2D eigenvalue weighted by molar-refractivity contribution is -0.110. The summed E-state index contributed by atoms with van der Waals surface area (Å²) in [5.41, 5.74) is 0. The lowest BCUT2D eigenvalue weighted by Gasteiger charge is -2.32. The summed E-state index contributed by atoms with van der Waals surface area (Å²) in [7, 11) is 0. The average molecular weight is 340 g/mol. The van der Waals surface area contributed by atoms with Gasteiger partial charge in [0.25, 0.3) is 0 Å². The third-order valence-corrected chi connectivity index (χ3v) is 4.37. The first-order valence-corrected chi connectivity index (χ1v) is 8.12. The molecule has 0 saturated carbocycles. The molecule has 2 fully saturated rings. The van der Waals surface area contributed by atoms with Crippen molar-refractivity contribution < 1.29 is 24.8 Å². The van der Waals surface area contributed by atoms with E-state index in [0.29, 0.717) is 25.5 Å². The monoisotopic (exact) mass is 340 g/mol. The Morgan fingerprint density at radius 1 is 1.38 bits per heavy atom. The van der Waals surface area contributed by atoms with Crippen LogP contribution in [0.3, 0.4) is 0 Å². The molecule has 4 atom stereocenters. The third kappa shape index (κ3) is 3.76. The van der Waals surface area contributed by atoms with Gasteiger partial charge in [-0.2, -0.15) is 0 Å². The number of ether oxygens (including phenoxy) is 2. The molecular formula is C15H24N4O5. The number of nitrogens with zero attached hydrogens (tertiary/aromatic N) is 4. The van der Waals surface area contributed by atoms with E-state index in [1.54, 1.807) is 12.3 Å².